The lowest BCUT2D eigenvalue weighted by Gasteiger charge is -2.12. The molecule has 0 fully saturated rings. The molecule has 2 aromatic carbocycles. The minimum Gasteiger partial charge on any atom is -0.493 e. The van der Waals surface area contributed by atoms with Gasteiger partial charge in [-0.1, -0.05) is 24.3 Å². The molecule has 2 aromatic rings. The van der Waals surface area contributed by atoms with Gasteiger partial charge in [-0.05, 0) is 48.4 Å². The summed E-state index contributed by atoms with van der Waals surface area (Å²) in [5, 5.41) is 0. The Morgan fingerprint density at radius 2 is 1.52 bits per heavy atom. The van der Waals surface area contributed by atoms with Gasteiger partial charge in [-0.15, -0.1) is 0 Å². The largest absolute Gasteiger partial charge is 0.493 e. The summed E-state index contributed by atoms with van der Waals surface area (Å²) < 4.78 is 20.8. The minimum absolute atomic E-state index is 0.176. The number of methoxy groups -OCH3 is 3. The van der Waals surface area contributed by atoms with E-state index >= 15 is 0 Å². The van der Waals surface area contributed by atoms with E-state index in [-0.39, 0.29) is 5.78 Å². The van der Waals surface area contributed by atoms with Crippen LogP contribution in [-0.4, -0.2) is 39.7 Å². The Labute approximate surface area is 170 Å². The number of allylic oxidation sites excluding steroid dienone is 1. The van der Waals surface area contributed by atoms with E-state index in [1.807, 2.05) is 0 Å². The summed E-state index contributed by atoms with van der Waals surface area (Å²) in [6.45, 7) is 2.05. The van der Waals surface area contributed by atoms with Crippen molar-refractivity contribution in [2.45, 2.75) is 6.92 Å². The van der Waals surface area contributed by atoms with Gasteiger partial charge in [0.25, 0.3) is 0 Å². The molecule has 0 unspecified atom stereocenters. The molecule has 2 rings (SSSR count). The van der Waals surface area contributed by atoms with Crippen LogP contribution in [0, 0.1) is 0 Å². The molecular weight excluding hydrogens is 372 g/mol. The van der Waals surface area contributed by atoms with Crippen molar-refractivity contribution in [1.29, 1.82) is 0 Å². The van der Waals surface area contributed by atoms with Crippen molar-refractivity contribution in [3.63, 3.8) is 0 Å². The standard InChI is InChI=1S/C23H24O6/c1-5-29-22(25)12-10-16-7-6-8-18(13-16)19(24)11-9-17-14-20(26-2)23(28-4)21(15-17)27-3/h6-15H,5H2,1-4H3/b11-9+,12-10+. The van der Waals surface area contributed by atoms with Crippen molar-refractivity contribution in [2.24, 2.45) is 0 Å². The van der Waals surface area contributed by atoms with Crippen LogP contribution in [0.15, 0.2) is 48.6 Å². The van der Waals surface area contributed by atoms with Crippen LogP contribution in [0.5, 0.6) is 17.2 Å². The van der Waals surface area contributed by atoms with Gasteiger partial charge in [-0.3, -0.25) is 4.79 Å². The molecule has 0 spiro atoms. The molecule has 0 radical (unpaired) electrons. The Balaban J connectivity index is 2.21. The number of ether oxygens (including phenoxy) is 4. The van der Waals surface area contributed by atoms with E-state index < -0.39 is 5.97 Å². The highest BCUT2D eigenvalue weighted by atomic mass is 16.5. The van der Waals surface area contributed by atoms with Gasteiger partial charge >= 0.3 is 5.97 Å². The topological polar surface area (TPSA) is 71.1 Å². The predicted molar refractivity (Wildman–Crippen MR) is 112 cm³/mol. The zero-order chi connectivity index (χ0) is 21.2. The second-order valence-electron chi connectivity index (χ2n) is 5.87. The average Bonchev–Trinajstić information content (AvgIpc) is 2.75. The summed E-state index contributed by atoms with van der Waals surface area (Å²) >= 11 is 0. The summed E-state index contributed by atoms with van der Waals surface area (Å²) in [7, 11) is 4.60. The number of hydrogen-bond acceptors (Lipinski definition) is 6. The number of carbonyl (C=O) groups is 2. The van der Waals surface area contributed by atoms with E-state index in [1.54, 1.807) is 55.5 Å². The minimum atomic E-state index is -0.425. The highest BCUT2D eigenvalue weighted by Gasteiger charge is 2.12. The monoisotopic (exact) mass is 396 g/mol. The number of carbonyl (C=O) groups excluding carboxylic acids is 2. The summed E-state index contributed by atoms with van der Waals surface area (Å²) in [5.41, 5.74) is 1.95. The van der Waals surface area contributed by atoms with Crippen molar-refractivity contribution in [3.05, 3.63) is 65.2 Å². The van der Waals surface area contributed by atoms with Crippen LogP contribution in [0.3, 0.4) is 0 Å². The quantitative estimate of drug-likeness (QED) is 0.360. The lowest BCUT2D eigenvalue weighted by Crippen LogP contribution is -1.99. The van der Waals surface area contributed by atoms with Crippen molar-refractivity contribution in [1.82, 2.24) is 0 Å². The first-order chi connectivity index (χ1) is 14.0. The lowest BCUT2D eigenvalue weighted by molar-refractivity contribution is -0.137. The van der Waals surface area contributed by atoms with Gasteiger partial charge in [0, 0.05) is 11.6 Å². The van der Waals surface area contributed by atoms with E-state index in [2.05, 4.69) is 0 Å². The first kappa shape index (κ1) is 21.8. The van der Waals surface area contributed by atoms with Gasteiger partial charge in [0.1, 0.15) is 0 Å². The second-order valence-corrected chi connectivity index (χ2v) is 5.87. The predicted octanol–water partition coefficient (Wildman–Crippen LogP) is 4.18. The van der Waals surface area contributed by atoms with E-state index in [4.69, 9.17) is 18.9 Å². The molecule has 0 bridgehead atoms. The highest BCUT2D eigenvalue weighted by molar-refractivity contribution is 6.07. The van der Waals surface area contributed by atoms with E-state index in [0.717, 1.165) is 11.1 Å². The number of benzene rings is 2. The molecule has 0 aromatic heterocycles. The first-order valence-corrected chi connectivity index (χ1v) is 8.99. The zero-order valence-electron chi connectivity index (χ0n) is 16.9. The summed E-state index contributed by atoms with van der Waals surface area (Å²) in [4.78, 5) is 24.0. The number of ketones is 1. The molecule has 6 heteroatoms. The Morgan fingerprint density at radius 1 is 0.862 bits per heavy atom. The summed E-state index contributed by atoms with van der Waals surface area (Å²) in [6.07, 6.45) is 6.08. The third-order valence-corrected chi connectivity index (χ3v) is 3.98. The third kappa shape index (κ3) is 5.97. The number of hydrogen-bond donors (Lipinski definition) is 0. The van der Waals surface area contributed by atoms with E-state index in [0.29, 0.717) is 29.4 Å². The fourth-order valence-corrected chi connectivity index (χ4v) is 2.62. The Kier molecular flexibility index (Phi) is 8.03. The average molecular weight is 396 g/mol. The number of rotatable bonds is 9. The fourth-order valence-electron chi connectivity index (χ4n) is 2.62. The van der Waals surface area contributed by atoms with Gasteiger partial charge in [-0.2, -0.15) is 0 Å². The second kappa shape index (κ2) is 10.7. The Morgan fingerprint density at radius 3 is 2.10 bits per heavy atom. The first-order valence-electron chi connectivity index (χ1n) is 8.99. The van der Waals surface area contributed by atoms with Crippen molar-refractivity contribution < 1.29 is 28.5 Å². The molecule has 0 atom stereocenters. The molecule has 0 saturated heterocycles. The molecule has 0 aliphatic rings. The maximum absolute atomic E-state index is 12.6. The van der Waals surface area contributed by atoms with Crippen LogP contribution in [0.1, 0.15) is 28.4 Å². The van der Waals surface area contributed by atoms with Gasteiger partial charge in [-0.25, -0.2) is 4.79 Å². The molecule has 0 amide bonds. The molecule has 0 N–H and O–H groups in total. The third-order valence-electron chi connectivity index (χ3n) is 3.98. The zero-order valence-corrected chi connectivity index (χ0v) is 16.9. The van der Waals surface area contributed by atoms with Crippen LogP contribution in [0.4, 0.5) is 0 Å². The van der Waals surface area contributed by atoms with Crippen molar-refractivity contribution in [2.75, 3.05) is 27.9 Å². The molecule has 0 aliphatic heterocycles. The summed E-state index contributed by atoms with van der Waals surface area (Å²) in [6, 6.07) is 10.5. The van der Waals surface area contributed by atoms with Gasteiger partial charge in [0.15, 0.2) is 17.3 Å². The highest BCUT2D eigenvalue weighted by Crippen LogP contribution is 2.38. The smallest absolute Gasteiger partial charge is 0.330 e. The normalized spacial score (nSPS) is 10.9. The van der Waals surface area contributed by atoms with Crippen LogP contribution < -0.4 is 14.2 Å². The van der Waals surface area contributed by atoms with Crippen molar-refractivity contribution in [3.8, 4) is 17.2 Å². The molecule has 29 heavy (non-hydrogen) atoms. The van der Waals surface area contributed by atoms with Crippen molar-refractivity contribution >= 4 is 23.9 Å². The Bertz CT molecular complexity index is 902. The molecule has 0 heterocycles. The molecule has 0 aliphatic carbocycles. The van der Waals surface area contributed by atoms with Gasteiger partial charge in [0.2, 0.25) is 5.75 Å². The molecule has 0 saturated carbocycles. The van der Waals surface area contributed by atoms with E-state index in [1.165, 1.54) is 33.5 Å². The van der Waals surface area contributed by atoms with Crippen LogP contribution in [-0.2, 0) is 9.53 Å². The SMILES string of the molecule is CCOC(=O)/C=C/c1cccc(C(=O)/C=C/c2cc(OC)c(OC)c(OC)c2)c1. The maximum atomic E-state index is 12.6. The molecule has 6 nitrogen and oxygen atoms in total. The fraction of sp³-hybridized carbons (Fsp3) is 0.217. The van der Waals surface area contributed by atoms with Crippen LogP contribution in [0.25, 0.3) is 12.2 Å². The Hall–Kier alpha value is -3.54. The molecule has 152 valence electrons. The van der Waals surface area contributed by atoms with Crippen LogP contribution >= 0.6 is 0 Å². The summed E-state index contributed by atoms with van der Waals surface area (Å²) in [5.74, 6) is 0.895. The maximum Gasteiger partial charge on any atom is 0.330 e. The lowest BCUT2D eigenvalue weighted by atomic mass is 10.1. The molecular formula is C23H24O6. The number of esters is 1. The van der Waals surface area contributed by atoms with Gasteiger partial charge in [0.05, 0.1) is 27.9 Å². The van der Waals surface area contributed by atoms with Crippen LogP contribution in [0.2, 0.25) is 0 Å². The van der Waals surface area contributed by atoms with Gasteiger partial charge < -0.3 is 18.9 Å². The van der Waals surface area contributed by atoms with E-state index in [9.17, 15) is 9.59 Å².